The Kier molecular flexibility index (Phi) is 6.84. The van der Waals surface area contributed by atoms with Gasteiger partial charge in [-0.2, -0.15) is 0 Å². The molecular weight excluding hydrogens is 275 g/mol. The third-order valence-corrected chi connectivity index (χ3v) is 3.59. The van der Waals surface area contributed by atoms with Gasteiger partial charge >= 0.3 is 35.5 Å². The van der Waals surface area contributed by atoms with Gasteiger partial charge in [-0.25, -0.2) is 4.79 Å². The van der Waals surface area contributed by atoms with Gasteiger partial charge in [0, 0.05) is 5.02 Å². The van der Waals surface area contributed by atoms with Crippen molar-refractivity contribution in [3.8, 4) is 0 Å². The van der Waals surface area contributed by atoms with E-state index in [0.29, 0.717) is 13.0 Å². The van der Waals surface area contributed by atoms with Gasteiger partial charge < -0.3 is 11.3 Å². The summed E-state index contributed by atoms with van der Waals surface area (Å²) in [5.74, 6) is -0.819. The molecule has 100 valence electrons. The van der Waals surface area contributed by atoms with Crippen molar-refractivity contribution in [1.29, 1.82) is 0 Å². The number of carboxylic acid groups (broad SMARTS) is 1. The van der Waals surface area contributed by atoms with Gasteiger partial charge in [0.1, 0.15) is 0 Å². The van der Waals surface area contributed by atoms with Crippen LogP contribution in [0.1, 0.15) is 32.7 Å². The smallest absolute Gasteiger partial charge is 1.00 e. The summed E-state index contributed by atoms with van der Waals surface area (Å²) in [6.07, 6.45) is 4.64. The fourth-order valence-corrected chi connectivity index (χ4v) is 2.16. The molecule has 0 radical (unpaired) electrons. The van der Waals surface area contributed by atoms with Crippen molar-refractivity contribution in [1.82, 2.24) is 0 Å². The van der Waals surface area contributed by atoms with Gasteiger partial charge in [0.25, 0.3) is 0 Å². The normalized spacial score (nSPS) is 20.7. The molecule has 1 unspecified atom stereocenters. The number of hydrogen-bond donors (Lipinski definition) is 1. The van der Waals surface area contributed by atoms with E-state index in [1.54, 1.807) is 0 Å². The van der Waals surface area contributed by atoms with E-state index in [2.05, 4.69) is 0 Å². The van der Waals surface area contributed by atoms with E-state index in [4.69, 9.17) is 21.4 Å². The monoisotopic (exact) mass is 292 g/mol. The molecule has 0 bridgehead atoms. The number of epoxide rings is 1. The molecular formula is C14H18ClNaO3. The van der Waals surface area contributed by atoms with Gasteiger partial charge in [-0.15, -0.1) is 0 Å². The molecule has 1 aromatic rings. The minimum Gasteiger partial charge on any atom is -1.00 e. The Morgan fingerprint density at radius 2 is 1.95 bits per heavy atom. The first-order chi connectivity index (χ1) is 8.62. The molecule has 2 rings (SSSR count). The van der Waals surface area contributed by atoms with Crippen molar-refractivity contribution < 1.29 is 45.6 Å². The van der Waals surface area contributed by atoms with Crippen LogP contribution in [0, 0.1) is 0 Å². The summed E-state index contributed by atoms with van der Waals surface area (Å²) >= 11 is 5.81. The summed E-state index contributed by atoms with van der Waals surface area (Å²) in [6.45, 7) is 0.375. The maximum atomic E-state index is 10.9. The molecule has 0 saturated carbocycles. The molecule has 1 aliphatic rings. The fourth-order valence-electron chi connectivity index (χ4n) is 2.03. The van der Waals surface area contributed by atoms with E-state index >= 15 is 0 Å². The largest absolute Gasteiger partial charge is 1.00 e. The van der Waals surface area contributed by atoms with Gasteiger partial charge in [-0.05, 0) is 43.4 Å². The molecule has 19 heavy (non-hydrogen) atoms. The van der Waals surface area contributed by atoms with Crippen LogP contribution in [0.2, 0.25) is 5.02 Å². The van der Waals surface area contributed by atoms with E-state index in [-0.39, 0.29) is 31.0 Å². The average molecular weight is 293 g/mol. The van der Waals surface area contributed by atoms with Gasteiger partial charge in [-0.3, -0.25) is 0 Å². The average Bonchev–Trinajstić information content (AvgIpc) is 3.12. The van der Waals surface area contributed by atoms with Crippen molar-refractivity contribution in [3.63, 3.8) is 0 Å². The molecule has 1 atom stereocenters. The predicted molar refractivity (Wildman–Crippen MR) is 71.1 cm³/mol. The summed E-state index contributed by atoms with van der Waals surface area (Å²) in [5, 5.41) is 9.68. The van der Waals surface area contributed by atoms with Crippen LogP contribution < -0.4 is 29.6 Å². The minimum atomic E-state index is -0.847. The molecule has 5 heteroatoms. The molecule has 0 aromatic heterocycles. The fraction of sp³-hybridized carbons (Fsp3) is 0.500. The Hall–Kier alpha value is -0.0600. The van der Waals surface area contributed by atoms with Crippen molar-refractivity contribution in [2.24, 2.45) is 0 Å². The Morgan fingerprint density at radius 1 is 1.32 bits per heavy atom. The molecule has 0 spiro atoms. The number of hydrogen-bond acceptors (Lipinski definition) is 2. The second-order valence-corrected chi connectivity index (χ2v) is 5.21. The Labute approximate surface area is 142 Å². The van der Waals surface area contributed by atoms with E-state index in [1.165, 1.54) is 5.56 Å². The quantitative estimate of drug-likeness (QED) is 0.450. The van der Waals surface area contributed by atoms with Crippen molar-refractivity contribution in [3.05, 3.63) is 34.9 Å². The molecule has 1 saturated heterocycles. The second-order valence-electron chi connectivity index (χ2n) is 4.78. The topological polar surface area (TPSA) is 49.8 Å². The summed E-state index contributed by atoms with van der Waals surface area (Å²) in [7, 11) is 0. The summed E-state index contributed by atoms with van der Waals surface area (Å²) in [6, 6.07) is 7.86. The number of aliphatic carboxylic acids is 1. The third kappa shape index (κ3) is 5.09. The first-order valence-corrected chi connectivity index (χ1v) is 6.62. The van der Waals surface area contributed by atoms with Crippen LogP contribution in [0.3, 0.4) is 0 Å². The van der Waals surface area contributed by atoms with Crippen LogP contribution in [0.4, 0.5) is 0 Å². The molecule has 1 heterocycles. The summed E-state index contributed by atoms with van der Waals surface area (Å²) in [5.41, 5.74) is 0.426. The third-order valence-electron chi connectivity index (χ3n) is 3.34. The SMILES string of the molecule is O=C(O)C1(CCCCCc2ccc(Cl)cc2)CO1.[H-].[Na+]. The minimum absolute atomic E-state index is 0. The van der Waals surface area contributed by atoms with Gasteiger partial charge in [-0.1, -0.05) is 30.2 Å². The predicted octanol–water partition coefficient (Wildman–Crippen LogP) is 0.413. The van der Waals surface area contributed by atoms with Crippen molar-refractivity contribution >= 4 is 17.6 Å². The Morgan fingerprint density at radius 3 is 2.47 bits per heavy atom. The Bertz CT molecular complexity index is 421. The van der Waals surface area contributed by atoms with Crippen LogP contribution in [-0.4, -0.2) is 23.3 Å². The van der Waals surface area contributed by atoms with E-state index < -0.39 is 11.6 Å². The molecule has 1 fully saturated rings. The zero-order valence-electron chi connectivity index (χ0n) is 12.2. The van der Waals surface area contributed by atoms with E-state index in [0.717, 1.165) is 30.7 Å². The van der Waals surface area contributed by atoms with Crippen LogP contribution in [0.15, 0.2) is 24.3 Å². The first kappa shape index (κ1) is 17.0. The van der Waals surface area contributed by atoms with Gasteiger partial charge in [0.05, 0.1) is 6.61 Å². The maximum Gasteiger partial charge on any atom is 1.00 e. The van der Waals surface area contributed by atoms with Crippen molar-refractivity contribution in [2.45, 2.75) is 37.7 Å². The zero-order chi connectivity index (χ0) is 13.0. The summed E-state index contributed by atoms with van der Waals surface area (Å²) in [4.78, 5) is 10.9. The number of carboxylic acids is 1. The molecule has 1 aromatic carbocycles. The molecule has 1 aliphatic heterocycles. The van der Waals surface area contributed by atoms with Gasteiger partial charge in [0.15, 0.2) is 5.60 Å². The standard InChI is InChI=1S/C14H17ClO3.Na.H/c15-12-7-5-11(6-8-12)4-2-1-3-9-14(10-18-14)13(16)17;;/h5-8H,1-4,9-10H2,(H,16,17);;/q;+1;-1. The van der Waals surface area contributed by atoms with Crippen LogP contribution in [-0.2, 0) is 16.0 Å². The second kappa shape index (κ2) is 7.65. The number of ether oxygens (including phenoxy) is 1. The Balaban J connectivity index is 0.00000180. The zero-order valence-corrected chi connectivity index (χ0v) is 13.9. The first-order valence-electron chi connectivity index (χ1n) is 6.24. The van der Waals surface area contributed by atoms with E-state index in [9.17, 15) is 4.79 Å². The molecule has 3 nitrogen and oxygen atoms in total. The number of unbranched alkanes of at least 4 members (excludes halogenated alkanes) is 2. The molecule has 1 N–H and O–H groups in total. The number of aryl methyl sites for hydroxylation is 1. The number of rotatable bonds is 7. The maximum absolute atomic E-state index is 10.9. The molecule has 0 aliphatic carbocycles. The summed E-state index contributed by atoms with van der Waals surface area (Å²) < 4.78 is 5.02. The van der Waals surface area contributed by atoms with Gasteiger partial charge in [0.2, 0.25) is 0 Å². The van der Waals surface area contributed by atoms with Crippen LogP contribution in [0.25, 0.3) is 0 Å². The van der Waals surface area contributed by atoms with Crippen LogP contribution in [0.5, 0.6) is 0 Å². The number of benzene rings is 1. The molecule has 0 amide bonds. The van der Waals surface area contributed by atoms with E-state index in [1.807, 2.05) is 24.3 Å². The number of carbonyl (C=O) groups is 1. The van der Waals surface area contributed by atoms with Crippen molar-refractivity contribution in [2.75, 3.05) is 6.61 Å². The number of halogens is 1. The van der Waals surface area contributed by atoms with Crippen LogP contribution >= 0.6 is 11.6 Å².